The number of nitrogens with zero attached hydrogens (tertiary/aromatic N) is 1. The number of likely N-dealkylation sites (tertiary alicyclic amines) is 1. The van der Waals surface area contributed by atoms with Crippen LogP contribution in [0.15, 0.2) is 0 Å². The van der Waals surface area contributed by atoms with Crippen LogP contribution in [-0.2, 0) is 9.53 Å². The molecule has 1 amide bonds. The number of ether oxygens (including phenoxy) is 1. The molecule has 21 heavy (non-hydrogen) atoms. The molecule has 0 bridgehead atoms. The third kappa shape index (κ3) is 5.12. The minimum absolute atomic E-state index is 0.0575. The van der Waals surface area contributed by atoms with Gasteiger partial charge in [-0.05, 0) is 19.8 Å². The van der Waals surface area contributed by atoms with Crippen LogP contribution in [0, 0.1) is 0 Å². The number of halogens is 3. The van der Waals surface area contributed by atoms with Crippen molar-refractivity contribution in [3.63, 3.8) is 0 Å². The van der Waals surface area contributed by atoms with Gasteiger partial charge in [0.05, 0.1) is 19.3 Å². The van der Waals surface area contributed by atoms with Crippen molar-refractivity contribution in [2.45, 2.75) is 44.1 Å². The Hall–Kier alpha value is -0.860. The third-order valence-corrected chi connectivity index (χ3v) is 3.94. The molecule has 2 heterocycles. The van der Waals surface area contributed by atoms with E-state index >= 15 is 0 Å². The predicted octanol–water partition coefficient (Wildman–Crippen LogP) is 0.506. The fourth-order valence-corrected chi connectivity index (χ4v) is 2.81. The summed E-state index contributed by atoms with van der Waals surface area (Å²) in [6.45, 7) is 2.89. The summed E-state index contributed by atoms with van der Waals surface area (Å²) in [4.78, 5) is 13.5. The minimum Gasteiger partial charge on any atom is -0.375 e. The number of hydrogen-bond donors (Lipinski definition) is 2. The largest absolute Gasteiger partial charge is 0.401 e. The van der Waals surface area contributed by atoms with E-state index in [0.29, 0.717) is 39.1 Å². The highest BCUT2D eigenvalue weighted by Gasteiger charge is 2.34. The number of piperidine rings is 1. The van der Waals surface area contributed by atoms with Gasteiger partial charge >= 0.3 is 6.18 Å². The van der Waals surface area contributed by atoms with Gasteiger partial charge in [0.25, 0.3) is 0 Å². The van der Waals surface area contributed by atoms with Crippen LogP contribution in [0.5, 0.6) is 0 Å². The number of alkyl halides is 3. The summed E-state index contributed by atoms with van der Waals surface area (Å²) in [6.07, 6.45) is -3.26. The van der Waals surface area contributed by atoms with E-state index < -0.39 is 12.7 Å². The van der Waals surface area contributed by atoms with Gasteiger partial charge in [0.1, 0.15) is 6.04 Å². The van der Waals surface area contributed by atoms with Crippen LogP contribution >= 0.6 is 0 Å². The number of carbonyl (C=O) groups is 1. The fourth-order valence-electron chi connectivity index (χ4n) is 2.81. The Morgan fingerprint density at radius 1 is 1.38 bits per heavy atom. The molecule has 0 spiro atoms. The van der Waals surface area contributed by atoms with Crippen molar-refractivity contribution in [2.75, 3.05) is 32.8 Å². The molecule has 5 nitrogen and oxygen atoms in total. The van der Waals surface area contributed by atoms with E-state index in [-0.39, 0.29) is 24.1 Å². The fraction of sp³-hybridized carbons (Fsp3) is 0.923. The van der Waals surface area contributed by atoms with Gasteiger partial charge in [-0.25, -0.2) is 0 Å². The Morgan fingerprint density at radius 3 is 2.62 bits per heavy atom. The van der Waals surface area contributed by atoms with Crippen LogP contribution in [0.25, 0.3) is 0 Å². The second kappa shape index (κ2) is 6.93. The molecule has 0 aromatic carbocycles. The van der Waals surface area contributed by atoms with Crippen LogP contribution in [0.2, 0.25) is 0 Å². The summed E-state index contributed by atoms with van der Waals surface area (Å²) < 4.78 is 42.3. The number of hydrogen-bond acceptors (Lipinski definition) is 4. The van der Waals surface area contributed by atoms with Gasteiger partial charge < -0.3 is 15.4 Å². The van der Waals surface area contributed by atoms with Crippen LogP contribution in [-0.4, -0.2) is 68.0 Å². The molecule has 0 unspecified atom stereocenters. The molecule has 2 fully saturated rings. The SMILES string of the molecule is C[C@H]1OCCN[C@@H]1C(=O)NC1CCN(CC(F)(F)F)CC1. The monoisotopic (exact) mass is 309 g/mol. The molecule has 0 aromatic rings. The van der Waals surface area contributed by atoms with Crippen LogP contribution in [0.4, 0.5) is 13.2 Å². The summed E-state index contributed by atoms with van der Waals surface area (Å²) in [6, 6.07) is -0.440. The van der Waals surface area contributed by atoms with Crippen LogP contribution in [0.1, 0.15) is 19.8 Å². The van der Waals surface area contributed by atoms with Gasteiger partial charge in [0, 0.05) is 25.7 Å². The second-order valence-electron chi connectivity index (χ2n) is 5.68. The van der Waals surface area contributed by atoms with Crippen LogP contribution < -0.4 is 10.6 Å². The highest BCUT2D eigenvalue weighted by molar-refractivity contribution is 5.82. The molecule has 2 rings (SSSR count). The molecule has 0 radical (unpaired) electrons. The van der Waals surface area contributed by atoms with Crippen molar-refractivity contribution >= 4 is 5.91 Å². The van der Waals surface area contributed by atoms with Crippen molar-refractivity contribution in [2.24, 2.45) is 0 Å². The summed E-state index contributed by atoms with van der Waals surface area (Å²) in [7, 11) is 0. The van der Waals surface area contributed by atoms with Crippen molar-refractivity contribution < 1.29 is 22.7 Å². The Morgan fingerprint density at radius 2 is 2.05 bits per heavy atom. The summed E-state index contributed by atoms with van der Waals surface area (Å²) >= 11 is 0. The number of nitrogens with one attached hydrogen (secondary N) is 2. The lowest BCUT2D eigenvalue weighted by molar-refractivity contribution is -0.148. The van der Waals surface area contributed by atoms with Gasteiger partial charge in [-0.15, -0.1) is 0 Å². The molecule has 2 saturated heterocycles. The maximum Gasteiger partial charge on any atom is 0.401 e. The topological polar surface area (TPSA) is 53.6 Å². The Labute approximate surface area is 122 Å². The molecule has 8 heteroatoms. The van der Waals surface area contributed by atoms with Crippen LogP contribution in [0.3, 0.4) is 0 Å². The van der Waals surface area contributed by atoms with E-state index in [4.69, 9.17) is 4.74 Å². The first-order chi connectivity index (χ1) is 9.85. The molecule has 0 aromatic heterocycles. The number of morpholine rings is 1. The lowest BCUT2D eigenvalue weighted by atomic mass is 10.0. The number of amides is 1. The van der Waals surface area contributed by atoms with Crippen molar-refractivity contribution in [1.29, 1.82) is 0 Å². The lowest BCUT2D eigenvalue weighted by Gasteiger charge is -2.35. The lowest BCUT2D eigenvalue weighted by Crippen LogP contribution is -2.58. The molecule has 2 N–H and O–H groups in total. The first kappa shape index (κ1) is 16.5. The van der Waals surface area contributed by atoms with E-state index in [1.165, 1.54) is 4.90 Å². The van der Waals surface area contributed by atoms with Gasteiger partial charge in [-0.1, -0.05) is 0 Å². The molecule has 0 aliphatic carbocycles. The Kier molecular flexibility index (Phi) is 5.45. The van der Waals surface area contributed by atoms with Gasteiger partial charge in [0.15, 0.2) is 0 Å². The number of carbonyl (C=O) groups excluding carboxylic acids is 1. The zero-order valence-electron chi connectivity index (χ0n) is 12.1. The van der Waals surface area contributed by atoms with Gasteiger partial charge in [-0.3, -0.25) is 9.69 Å². The normalized spacial score (nSPS) is 29.3. The zero-order valence-corrected chi connectivity index (χ0v) is 12.1. The van der Waals surface area contributed by atoms with E-state index in [2.05, 4.69) is 10.6 Å². The standard InChI is InChI=1S/C13H22F3N3O2/c1-9-11(17-4-7-21-9)12(20)18-10-2-5-19(6-3-10)8-13(14,15)16/h9-11,17H,2-8H2,1H3,(H,18,20)/t9-,11+/m1/s1. The molecule has 2 atom stereocenters. The Balaban J connectivity index is 1.74. The molecular formula is C13H22F3N3O2. The van der Waals surface area contributed by atoms with Gasteiger partial charge in [-0.2, -0.15) is 13.2 Å². The molecular weight excluding hydrogens is 287 g/mol. The van der Waals surface area contributed by atoms with Crippen molar-refractivity contribution in [3.8, 4) is 0 Å². The van der Waals surface area contributed by atoms with E-state index in [9.17, 15) is 18.0 Å². The van der Waals surface area contributed by atoms with E-state index in [0.717, 1.165) is 0 Å². The smallest absolute Gasteiger partial charge is 0.375 e. The summed E-state index contributed by atoms with van der Waals surface area (Å²) in [5, 5.41) is 6.01. The average molecular weight is 309 g/mol. The molecule has 0 saturated carbocycles. The highest BCUT2D eigenvalue weighted by atomic mass is 19.4. The number of rotatable bonds is 3. The summed E-state index contributed by atoms with van der Waals surface area (Å²) in [5.41, 5.74) is 0. The van der Waals surface area contributed by atoms with E-state index in [1.807, 2.05) is 6.92 Å². The molecule has 2 aliphatic rings. The second-order valence-corrected chi connectivity index (χ2v) is 5.68. The predicted molar refractivity (Wildman–Crippen MR) is 70.9 cm³/mol. The quantitative estimate of drug-likeness (QED) is 0.797. The highest BCUT2D eigenvalue weighted by Crippen LogP contribution is 2.20. The maximum atomic E-state index is 12.3. The van der Waals surface area contributed by atoms with Crippen molar-refractivity contribution in [1.82, 2.24) is 15.5 Å². The first-order valence-corrected chi connectivity index (χ1v) is 7.29. The maximum absolute atomic E-state index is 12.3. The molecule has 122 valence electrons. The van der Waals surface area contributed by atoms with Crippen molar-refractivity contribution in [3.05, 3.63) is 0 Å². The molecule has 2 aliphatic heterocycles. The van der Waals surface area contributed by atoms with E-state index in [1.54, 1.807) is 0 Å². The zero-order chi connectivity index (χ0) is 15.5. The van der Waals surface area contributed by atoms with Gasteiger partial charge in [0.2, 0.25) is 5.91 Å². The first-order valence-electron chi connectivity index (χ1n) is 7.29. The third-order valence-electron chi connectivity index (χ3n) is 3.94. The Bertz CT molecular complexity index is 357. The average Bonchev–Trinajstić information content (AvgIpc) is 2.40. The summed E-state index contributed by atoms with van der Waals surface area (Å²) in [5.74, 6) is -0.128. The minimum atomic E-state index is -4.16.